The predicted octanol–water partition coefficient (Wildman–Crippen LogP) is 6.12. The molecule has 0 nitrogen and oxygen atoms in total. The van der Waals surface area contributed by atoms with E-state index in [2.05, 4.69) is 73.7 Å². The molecule has 0 heteroatoms. The van der Waals surface area contributed by atoms with E-state index in [9.17, 15) is 0 Å². The lowest BCUT2D eigenvalue weighted by molar-refractivity contribution is 1.04. The average molecular weight is 270 g/mol. The van der Waals surface area contributed by atoms with E-state index in [0.29, 0.717) is 0 Å². The van der Waals surface area contributed by atoms with Crippen LogP contribution in [0.4, 0.5) is 0 Å². The van der Waals surface area contributed by atoms with Crippen molar-refractivity contribution in [1.82, 2.24) is 0 Å². The highest BCUT2D eigenvalue weighted by molar-refractivity contribution is 6.10. The van der Waals surface area contributed by atoms with E-state index < -0.39 is 0 Å². The summed E-state index contributed by atoms with van der Waals surface area (Å²) >= 11 is 0. The summed E-state index contributed by atoms with van der Waals surface area (Å²) in [7, 11) is 0. The molecule has 1 aliphatic carbocycles. The van der Waals surface area contributed by atoms with Gasteiger partial charge in [0.25, 0.3) is 0 Å². The van der Waals surface area contributed by atoms with E-state index in [4.69, 9.17) is 0 Å². The van der Waals surface area contributed by atoms with Gasteiger partial charge < -0.3 is 0 Å². The SMILES string of the molecule is CC1=CCCC(c2cccc3c2ccc2ccccc23)=C1. The lowest BCUT2D eigenvalue weighted by Crippen LogP contribution is -1.92. The van der Waals surface area contributed by atoms with E-state index in [1.807, 2.05) is 0 Å². The monoisotopic (exact) mass is 270 g/mol. The van der Waals surface area contributed by atoms with Crippen LogP contribution >= 0.6 is 0 Å². The van der Waals surface area contributed by atoms with Crippen molar-refractivity contribution in [2.75, 3.05) is 0 Å². The molecule has 0 saturated heterocycles. The van der Waals surface area contributed by atoms with Crippen molar-refractivity contribution in [1.29, 1.82) is 0 Å². The molecule has 0 radical (unpaired) electrons. The molecule has 0 bridgehead atoms. The van der Waals surface area contributed by atoms with Crippen LogP contribution in [0.3, 0.4) is 0 Å². The minimum Gasteiger partial charge on any atom is -0.0813 e. The van der Waals surface area contributed by atoms with Gasteiger partial charge in [-0.05, 0) is 52.4 Å². The summed E-state index contributed by atoms with van der Waals surface area (Å²) in [4.78, 5) is 0. The fourth-order valence-electron chi connectivity index (χ4n) is 3.39. The van der Waals surface area contributed by atoms with Crippen molar-refractivity contribution in [3.63, 3.8) is 0 Å². The first-order valence-electron chi connectivity index (χ1n) is 7.61. The van der Waals surface area contributed by atoms with Gasteiger partial charge in [0.05, 0.1) is 0 Å². The summed E-state index contributed by atoms with van der Waals surface area (Å²) in [6, 6.07) is 19.9. The van der Waals surface area contributed by atoms with Gasteiger partial charge in [-0.3, -0.25) is 0 Å². The molecule has 0 amide bonds. The van der Waals surface area contributed by atoms with Crippen LogP contribution < -0.4 is 0 Å². The maximum Gasteiger partial charge on any atom is -0.00993 e. The van der Waals surface area contributed by atoms with Gasteiger partial charge in [0.15, 0.2) is 0 Å². The predicted molar refractivity (Wildman–Crippen MR) is 92.4 cm³/mol. The summed E-state index contributed by atoms with van der Waals surface area (Å²) < 4.78 is 0. The van der Waals surface area contributed by atoms with Gasteiger partial charge in [-0.1, -0.05) is 72.3 Å². The second-order valence-corrected chi connectivity index (χ2v) is 5.84. The number of allylic oxidation sites excluding steroid dienone is 4. The molecule has 0 heterocycles. The standard InChI is InChI=1S/C21H18/c1-15-6-4-8-17(14-15)19-10-5-11-20-18-9-3-2-7-16(18)12-13-21(19)20/h2-3,5-7,9-14H,4,8H2,1H3. The number of fused-ring (bicyclic) bond motifs is 3. The topological polar surface area (TPSA) is 0 Å². The van der Waals surface area contributed by atoms with Gasteiger partial charge in [0, 0.05) is 0 Å². The van der Waals surface area contributed by atoms with E-state index in [0.717, 1.165) is 12.8 Å². The van der Waals surface area contributed by atoms with Crippen LogP contribution in [-0.4, -0.2) is 0 Å². The summed E-state index contributed by atoms with van der Waals surface area (Å²) in [5.41, 5.74) is 4.25. The van der Waals surface area contributed by atoms with Gasteiger partial charge in [-0.25, -0.2) is 0 Å². The summed E-state index contributed by atoms with van der Waals surface area (Å²) in [6.07, 6.45) is 6.96. The van der Waals surface area contributed by atoms with Crippen molar-refractivity contribution in [2.45, 2.75) is 19.8 Å². The Labute approximate surface area is 125 Å². The van der Waals surface area contributed by atoms with Gasteiger partial charge in [-0.2, -0.15) is 0 Å². The molecule has 4 rings (SSSR count). The van der Waals surface area contributed by atoms with Gasteiger partial charge in [0.1, 0.15) is 0 Å². The Morgan fingerprint density at radius 3 is 2.52 bits per heavy atom. The minimum atomic E-state index is 1.14. The molecule has 0 aliphatic heterocycles. The summed E-state index contributed by atoms with van der Waals surface area (Å²) in [6.45, 7) is 2.19. The fraction of sp³-hybridized carbons (Fsp3) is 0.143. The van der Waals surface area contributed by atoms with E-state index in [-0.39, 0.29) is 0 Å². The van der Waals surface area contributed by atoms with Crippen LogP contribution in [0.15, 0.2) is 72.3 Å². The van der Waals surface area contributed by atoms with E-state index in [1.54, 1.807) is 0 Å². The minimum absolute atomic E-state index is 1.14. The van der Waals surface area contributed by atoms with Crippen LogP contribution in [0.5, 0.6) is 0 Å². The van der Waals surface area contributed by atoms with Crippen LogP contribution in [-0.2, 0) is 0 Å². The Morgan fingerprint density at radius 1 is 0.762 bits per heavy atom. The molecule has 0 N–H and O–H groups in total. The van der Waals surface area contributed by atoms with Gasteiger partial charge >= 0.3 is 0 Å². The summed E-state index contributed by atoms with van der Waals surface area (Å²) in [5, 5.41) is 5.40. The average Bonchev–Trinajstić information content (AvgIpc) is 2.54. The molecule has 0 saturated carbocycles. The molecule has 21 heavy (non-hydrogen) atoms. The van der Waals surface area contributed by atoms with Crippen LogP contribution in [0, 0.1) is 0 Å². The third-order valence-electron chi connectivity index (χ3n) is 4.41. The number of rotatable bonds is 1. The molecule has 0 spiro atoms. The molecular formula is C21H18. The normalized spacial score (nSPS) is 15.1. The van der Waals surface area contributed by atoms with Crippen molar-refractivity contribution in [2.24, 2.45) is 0 Å². The highest BCUT2D eigenvalue weighted by atomic mass is 14.1. The molecule has 102 valence electrons. The van der Waals surface area contributed by atoms with E-state index >= 15 is 0 Å². The lowest BCUT2D eigenvalue weighted by Gasteiger charge is -2.15. The van der Waals surface area contributed by atoms with E-state index in [1.165, 1.54) is 38.3 Å². The molecule has 3 aromatic carbocycles. The second kappa shape index (κ2) is 4.89. The molecule has 0 unspecified atom stereocenters. The fourth-order valence-corrected chi connectivity index (χ4v) is 3.39. The lowest BCUT2D eigenvalue weighted by atomic mass is 9.89. The summed E-state index contributed by atoms with van der Waals surface area (Å²) in [5.74, 6) is 0. The maximum atomic E-state index is 2.34. The number of hydrogen-bond acceptors (Lipinski definition) is 0. The third-order valence-corrected chi connectivity index (χ3v) is 4.41. The van der Waals surface area contributed by atoms with Gasteiger partial charge in [-0.15, -0.1) is 0 Å². The van der Waals surface area contributed by atoms with Crippen molar-refractivity contribution in [3.8, 4) is 0 Å². The highest BCUT2D eigenvalue weighted by Gasteiger charge is 2.10. The van der Waals surface area contributed by atoms with Crippen molar-refractivity contribution < 1.29 is 0 Å². The number of hydrogen-bond donors (Lipinski definition) is 0. The van der Waals surface area contributed by atoms with Crippen LogP contribution in [0.1, 0.15) is 25.3 Å². The zero-order valence-electron chi connectivity index (χ0n) is 12.3. The zero-order chi connectivity index (χ0) is 14.2. The Kier molecular flexibility index (Phi) is 2.89. The Balaban J connectivity index is 2.03. The molecule has 0 atom stereocenters. The zero-order valence-corrected chi connectivity index (χ0v) is 12.3. The Bertz CT molecular complexity index is 894. The highest BCUT2D eigenvalue weighted by Crippen LogP contribution is 2.34. The van der Waals surface area contributed by atoms with Crippen LogP contribution in [0.2, 0.25) is 0 Å². The number of benzene rings is 3. The molecule has 0 aromatic heterocycles. The second-order valence-electron chi connectivity index (χ2n) is 5.84. The first-order chi connectivity index (χ1) is 10.3. The molecule has 0 fully saturated rings. The largest absolute Gasteiger partial charge is 0.0813 e. The maximum absolute atomic E-state index is 2.34. The van der Waals surface area contributed by atoms with Crippen molar-refractivity contribution >= 4 is 27.1 Å². The quantitative estimate of drug-likeness (QED) is 0.467. The molecular weight excluding hydrogens is 252 g/mol. The first kappa shape index (κ1) is 12.4. The van der Waals surface area contributed by atoms with Gasteiger partial charge in [0.2, 0.25) is 0 Å². The molecule has 3 aromatic rings. The first-order valence-corrected chi connectivity index (χ1v) is 7.61. The Morgan fingerprint density at radius 2 is 1.62 bits per heavy atom. The Hall–Kier alpha value is -2.34. The van der Waals surface area contributed by atoms with Crippen molar-refractivity contribution in [3.05, 3.63) is 77.9 Å². The van der Waals surface area contributed by atoms with Crippen LogP contribution in [0.25, 0.3) is 27.1 Å². The smallest absolute Gasteiger partial charge is 0.00993 e. The molecule has 1 aliphatic rings. The third kappa shape index (κ3) is 2.08.